The van der Waals surface area contributed by atoms with Gasteiger partial charge in [0.15, 0.2) is 0 Å². The maximum Gasteiger partial charge on any atom is 0.228 e. The summed E-state index contributed by atoms with van der Waals surface area (Å²) >= 11 is 3.43. The van der Waals surface area contributed by atoms with Gasteiger partial charge in [0.1, 0.15) is 17.7 Å². The van der Waals surface area contributed by atoms with E-state index in [0.717, 1.165) is 24.8 Å². The largest absolute Gasteiger partial charge is 0.469 e. The van der Waals surface area contributed by atoms with Gasteiger partial charge in [-0.3, -0.25) is 0 Å². The van der Waals surface area contributed by atoms with Crippen molar-refractivity contribution in [2.75, 3.05) is 13.1 Å². The Morgan fingerprint density at radius 3 is 2.50 bits per heavy atom. The number of pyridine rings is 1. The van der Waals surface area contributed by atoms with Crippen LogP contribution >= 0.6 is 15.9 Å². The summed E-state index contributed by atoms with van der Waals surface area (Å²) in [4.78, 5) is 11.0. The van der Waals surface area contributed by atoms with Crippen molar-refractivity contribution in [2.45, 2.75) is 20.0 Å². The quantitative estimate of drug-likeness (QED) is 0.382. The highest BCUT2D eigenvalue weighted by Crippen LogP contribution is 2.32. The fourth-order valence-corrected chi connectivity index (χ4v) is 2.94. The number of benzene rings is 1. The van der Waals surface area contributed by atoms with E-state index in [4.69, 9.17) is 4.74 Å². The molecule has 1 aliphatic heterocycles. The third kappa shape index (κ3) is 4.46. The van der Waals surface area contributed by atoms with Crippen LogP contribution in [0.25, 0.3) is 0 Å². The summed E-state index contributed by atoms with van der Waals surface area (Å²) in [7, 11) is 0. The molecule has 0 N–H and O–H groups in total. The van der Waals surface area contributed by atoms with Crippen molar-refractivity contribution in [1.29, 1.82) is 0 Å². The van der Waals surface area contributed by atoms with Crippen molar-refractivity contribution in [3.8, 4) is 5.88 Å². The molecule has 1 aromatic heterocycles. The van der Waals surface area contributed by atoms with Gasteiger partial charge in [-0.05, 0) is 53.5 Å². The first-order valence-electron chi connectivity index (χ1n) is 8.15. The monoisotopic (exact) mass is 421 g/mol. The van der Waals surface area contributed by atoms with Crippen LogP contribution < -0.4 is 4.74 Å². The average molecular weight is 422 g/mol. The predicted molar refractivity (Wildman–Crippen MR) is 101 cm³/mol. The molecule has 0 saturated carbocycles. The Morgan fingerprint density at radius 2 is 1.85 bits per heavy atom. The van der Waals surface area contributed by atoms with E-state index < -0.39 is 17.7 Å². The zero-order chi connectivity index (χ0) is 18.7. The lowest BCUT2D eigenvalue weighted by atomic mass is 10.1. The van der Waals surface area contributed by atoms with Crippen LogP contribution in [0.4, 0.5) is 14.5 Å². The minimum Gasteiger partial charge on any atom is -0.469 e. The van der Waals surface area contributed by atoms with Crippen LogP contribution in [0.5, 0.6) is 5.88 Å². The molecule has 4 nitrogen and oxygen atoms in total. The molecule has 0 amide bonds. The number of hydrogen-bond acceptors (Lipinski definition) is 3. The molecule has 26 heavy (non-hydrogen) atoms. The van der Waals surface area contributed by atoms with E-state index in [-0.39, 0.29) is 0 Å². The Hall–Kier alpha value is -2.28. The lowest BCUT2D eigenvalue weighted by molar-refractivity contribution is 0.214. The maximum atomic E-state index is 13.4. The van der Waals surface area contributed by atoms with E-state index in [2.05, 4.69) is 43.0 Å². The molecule has 7 heteroatoms. The summed E-state index contributed by atoms with van der Waals surface area (Å²) in [5.74, 6) is -0.930. The lowest BCUT2D eigenvalue weighted by Gasteiger charge is -2.17. The molecule has 0 fully saturated rings. The Morgan fingerprint density at radius 1 is 1.19 bits per heavy atom. The highest BCUT2D eigenvalue weighted by atomic mass is 79.9. The standard InChI is InChI=1S/C19H18BrF2N3O/c1-12-18(23-11-25-5-3-4-6-25)10-17(20)19(24-12)26-13(2)14-7-15(21)9-16(22)8-14/h3-4,7-11,13H,5-6H2,1-2H3. The molecule has 1 aliphatic rings. The molecule has 2 heterocycles. The summed E-state index contributed by atoms with van der Waals surface area (Å²) in [6, 6.07) is 5.14. The van der Waals surface area contributed by atoms with Crippen molar-refractivity contribution in [3.63, 3.8) is 0 Å². The lowest BCUT2D eigenvalue weighted by Crippen LogP contribution is -2.17. The van der Waals surface area contributed by atoms with Crippen LogP contribution in [0.15, 0.2) is 45.9 Å². The molecule has 0 radical (unpaired) electrons. The minimum atomic E-state index is -0.639. The number of aryl methyl sites for hydroxylation is 1. The minimum absolute atomic E-state index is 0.349. The number of hydrogen-bond donors (Lipinski definition) is 0. The van der Waals surface area contributed by atoms with Gasteiger partial charge in [0, 0.05) is 19.2 Å². The maximum absolute atomic E-state index is 13.4. The normalized spacial score (nSPS) is 15.0. The molecule has 3 rings (SSSR count). The molecular formula is C19H18BrF2N3O. The summed E-state index contributed by atoms with van der Waals surface area (Å²) in [6.07, 6.45) is 5.39. The Labute approximate surface area is 159 Å². The molecule has 1 atom stereocenters. The second-order valence-corrected chi connectivity index (χ2v) is 6.87. The third-order valence-electron chi connectivity index (χ3n) is 3.96. The van der Waals surface area contributed by atoms with Crippen LogP contribution in [0.2, 0.25) is 0 Å². The van der Waals surface area contributed by atoms with E-state index >= 15 is 0 Å². The number of aromatic nitrogens is 1. The van der Waals surface area contributed by atoms with Crippen molar-refractivity contribution < 1.29 is 13.5 Å². The first kappa shape index (κ1) is 18.5. The summed E-state index contributed by atoms with van der Waals surface area (Å²) < 4.78 is 33.2. The van der Waals surface area contributed by atoms with E-state index in [9.17, 15) is 8.78 Å². The first-order chi connectivity index (χ1) is 12.4. The SMILES string of the molecule is Cc1nc(OC(C)c2cc(F)cc(F)c2)c(Br)cc1N=CN1CC=CC1. The van der Waals surface area contributed by atoms with Gasteiger partial charge in [-0.25, -0.2) is 18.8 Å². The molecule has 0 aliphatic carbocycles. The van der Waals surface area contributed by atoms with Crippen molar-refractivity contribution in [1.82, 2.24) is 9.88 Å². The van der Waals surface area contributed by atoms with E-state index in [1.165, 1.54) is 12.1 Å². The van der Waals surface area contributed by atoms with Gasteiger partial charge in [-0.2, -0.15) is 0 Å². The second kappa shape index (κ2) is 7.95. The number of halogens is 3. The van der Waals surface area contributed by atoms with Crippen molar-refractivity contribution >= 4 is 28.0 Å². The van der Waals surface area contributed by atoms with Crippen LogP contribution in [-0.4, -0.2) is 29.3 Å². The zero-order valence-electron chi connectivity index (χ0n) is 14.4. The van der Waals surface area contributed by atoms with Gasteiger partial charge >= 0.3 is 0 Å². The van der Waals surface area contributed by atoms with Gasteiger partial charge in [0.25, 0.3) is 0 Å². The van der Waals surface area contributed by atoms with Gasteiger partial charge in [0.05, 0.1) is 22.2 Å². The molecule has 0 spiro atoms. The molecular weight excluding hydrogens is 404 g/mol. The first-order valence-corrected chi connectivity index (χ1v) is 8.94. The van der Waals surface area contributed by atoms with Crippen LogP contribution in [0, 0.1) is 18.6 Å². The van der Waals surface area contributed by atoms with E-state index in [0.29, 0.717) is 21.6 Å². The average Bonchev–Trinajstić information content (AvgIpc) is 3.09. The number of rotatable bonds is 5. The van der Waals surface area contributed by atoms with Crippen molar-refractivity contribution in [2.24, 2.45) is 4.99 Å². The summed E-state index contributed by atoms with van der Waals surface area (Å²) in [6.45, 7) is 5.24. The Kier molecular flexibility index (Phi) is 5.66. The van der Waals surface area contributed by atoms with E-state index in [1.807, 2.05) is 13.0 Å². The number of aliphatic imine (C=N–C) groups is 1. The zero-order valence-corrected chi connectivity index (χ0v) is 16.0. The smallest absolute Gasteiger partial charge is 0.228 e. The fraction of sp³-hybridized carbons (Fsp3) is 0.263. The van der Waals surface area contributed by atoms with Gasteiger partial charge in [-0.15, -0.1) is 0 Å². The van der Waals surface area contributed by atoms with Crippen LogP contribution in [-0.2, 0) is 0 Å². The third-order valence-corrected chi connectivity index (χ3v) is 4.53. The molecule has 136 valence electrons. The second-order valence-electron chi connectivity index (χ2n) is 6.01. The van der Waals surface area contributed by atoms with Gasteiger partial charge in [-0.1, -0.05) is 12.2 Å². The Balaban J connectivity index is 1.76. The Bertz CT molecular complexity index is 842. The molecule has 1 aromatic carbocycles. The van der Waals surface area contributed by atoms with Gasteiger partial charge in [0.2, 0.25) is 5.88 Å². The van der Waals surface area contributed by atoms with Crippen LogP contribution in [0.3, 0.4) is 0 Å². The topological polar surface area (TPSA) is 37.7 Å². The summed E-state index contributed by atoms with van der Waals surface area (Å²) in [5, 5.41) is 0. The predicted octanol–water partition coefficient (Wildman–Crippen LogP) is 5.10. The van der Waals surface area contributed by atoms with Crippen molar-refractivity contribution in [3.05, 3.63) is 63.8 Å². The van der Waals surface area contributed by atoms with Crippen LogP contribution in [0.1, 0.15) is 24.3 Å². The highest BCUT2D eigenvalue weighted by Gasteiger charge is 2.15. The number of nitrogens with zero attached hydrogens (tertiary/aromatic N) is 3. The molecule has 0 saturated heterocycles. The molecule has 1 unspecified atom stereocenters. The van der Waals surface area contributed by atoms with E-state index in [1.54, 1.807) is 13.3 Å². The van der Waals surface area contributed by atoms with Gasteiger partial charge < -0.3 is 9.64 Å². The fourth-order valence-electron chi connectivity index (χ4n) is 2.54. The number of ether oxygens (including phenoxy) is 1. The molecule has 0 bridgehead atoms. The molecule has 2 aromatic rings. The highest BCUT2D eigenvalue weighted by molar-refractivity contribution is 9.10. The summed E-state index contributed by atoms with van der Waals surface area (Å²) in [5.41, 5.74) is 1.82.